The second-order valence-corrected chi connectivity index (χ2v) is 5.25. The minimum atomic E-state index is -0.255. The van der Waals surface area contributed by atoms with Gasteiger partial charge in [0, 0.05) is 3.57 Å². The van der Waals surface area contributed by atoms with Crippen LogP contribution in [0.2, 0.25) is 0 Å². The summed E-state index contributed by atoms with van der Waals surface area (Å²) in [6.07, 6.45) is 3.30. The molecule has 14 heavy (non-hydrogen) atoms. The minimum absolute atomic E-state index is 0.255. The first-order chi connectivity index (χ1) is 6.68. The van der Waals surface area contributed by atoms with Gasteiger partial charge >= 0.3 is 0 Å². The molecule has 76 valence electrons. The van der Waals surface area contributed by atoms with Crippen LogP contribution < -0.4 is 0 Å². The Bertz CT molecular complexity index is 331. The summed E-state index contributed by atoms with van der Waals surface area (Å²) < 4.78 is 1.22. The van der Waals surface area contributed by atoms with Crippen molar-refractivity contribution in [3.8, 4) is 0 Å². The highest BCUT2D eigenvalue weighted by atomic mass is 127. The molecule has 0 heterocycles. The predicted molar refractivity (Wildman–Crippen MR) is 66.2 cm³/mol. The molecule has 0 amide bonds. The normalized spacial score (nSPS) is 18.2. The highest BCUT2D eigenvalue weighted by Gasteiger charge is 2.26. The molecule has 0 bridgehead atoms. The first kappa shape index (κ1) is 10.4. The Morgan fingerprint density at radius 2 is 2.21 bits per heavy atom. The molecule has 2 heteroatoms. The standard InChI is InChI=1S/C12H15IO/c1-8-3-2-4-10(12(8)13)11(14)7-9-5-6-9/h2-4,9,11,14H,5-7H2,1H3. The van der Waals surface area contributed by atoms with Crippen molar-refractivity contribution in [1.29, 1.82) is 0 Å². The largest absolute Gasteiger partial charge is 0.388 e. The van der Waals surface area contributed by atoms with Crippen molar-refractivity contribution in [3.63, 3.8) is 0 Å². The number of hydrogen-bond acceptors (Lipinski definition) is 1. The highest BCUT2D eigenvalue weighted by Crippen LogP contribution is 2.38. The van der Waals surface area contributed by atoms with E-state index in [2.05, 4.69) is 35.6 Å². The molecule has 1 saturated carbocycles. The van der Waals surface area contributed by atoms with E-state index in [9.17, 15) is 5.11 Å². The van der Waals surface area contributed by atoms with Crippen LogP contribution in [0.4, 0.5) is 0 Å². The van der Waals surface area contributed by atoms with Crippen LogP contribution in [0, 0.1) is 16.4 Å². The molecule has 1 aliphatic rings. The molecule has 1 atom stereocenters. The van der Waals surface area contributed by atoms with Gasteiger partial charge in [-0.2, -0.15) is 0 Å². The maximum Gasteiger partial charge on any atom is 0.0803 e. The summed E-state index contributed by atoms with van der Waals surface area (Å²) in [5, 5.41) is 10.0. The van der Waals surface area contributed by atoms with E-state index >= 15 is 0 Å². The zero-order valence-corrected chi connectivity index (χ0v) is 10.5. The maximum absolute atomic E-state index is 10.0. The Morgan fingerprint density at radius 3 is 2.86 bits per heavy atom. The summed E-state index contributed by atoms with van der Waals surface area (Å²) in [6, 6.07) is 6.17. The van der Waals surface area contributed by atoms with Gasteiger partial charge in [0.25, 0.3) is 0 Å². The molecule has 0 saturated heterocycles. The predicted octanol–water partition coefficient (Wildman–Crippen LogP) is 3.43. The van der Waals surface area contributed by atoms with Gasteiger partial charge in [-0.15, -0.1) is 0 Å². The number of aliphatic hydroxyl groups is 1. The lowest BCUT2D eigenvalue weighted by Gasteiger charge is -2.13. The summed E-state index contributed by atoms with van der Waals surface area (Å²) in [5.41, 5.74) is 2.37. The SMILES string of the molecule is Cc1cccc(C(O)CC2CC2)c1I. The minimum Gasteiger partial charge on any atom is -0.388 e. The van der Waals surface area contributed by atoms with Gasteiger partial charge < -0.3 is 5.11 Å². The first-order valence-electron chi connectivity index (χ1n) is 5.11. The van der Waals surface area contributed by atoms with Crippen LogP contribution >= 0.6 is 22.6 Å². The fourth-order valence-electron chi connectivity index (χ4n) is 1.72. The van der Waals surface area contributed by atoms with E-state index in [-0.39, 0.29) is 6.10 Å². The number of halogens is 1. The average molecular weight is 302 g/mol. The van der Waals surface area contributed by atoms with Crippen LogP contribution in [0.5, 0.6) is 0 Å². The van der Waals surface area contributed by atoms with Crippen molar-refractivity contribution < 1.29 is 5.11 Å². The number of aryl methyl sites for hydroxylation is 1. The lowest BCUT2D eigenvalue weighted by molar-refractivity contribution is 0.159. The number of rotatable bonds is 3. The van der Waals surface area contributed by atoms with Crippen molar-refractivity contribution in [3.05, 3.63) is 32.9 Å². The lowest BCUT2D eigenvalue weighted by atomic mass is 10.0. The van der Waals surface area contributed by atoms with Crippen LogP contribution in [0.15, 0.2) is 18.2 Å². The third-order valence-electron chi connectivity index (χ3n) is 2.83. The fourth-order valence-corrected chi connectivity index (χ4v) is 2.44. The number of hydrogen-bond donors (Lipinski definition) is 1. The monoisotopic (exact) mass is 302 g/mol. The van der Waals surface area contributed by atoms with Gasteiger partial charge in [0.05, 0.1) is 6.10 Å². The molecule has 1 unspecified atom stereocenters. The van der Waals surface area contributed by atoms with Gasteiger partial charge in [-0.05, 0) is 53.0 Å². The van der Waals surface area contributed by atoms with E-state index in [0.717, 1.165) is 17.9 Å². The molecule has 1 aromatic rings. The maximum atomic E-state index is 10.0. The van der Waals surface area contributed by atoms with E-state index in [4.69, 9.17) is 0 Å². The van der Waals surface area contributed by atoms with E-state index in [1.165, 1.54) is 22.0 Å². The molecule has 1 fully saturated rings. The van der Waals surface area contributed by atoms with Crippen molar-refractivity contribution in [2.24, 2.45) is 5.92 Å². The van der Waals surface area contributed by atoms with Gasteiger partial charge in [0.15, 0.2) is 0 Å². The molecule has 1 aromatic carbocycles. The van der Waals surface area contributed by atoms with Crippen LogP contribution in [-0.2, 0) is 0 Å². The molecule has 0 aliphatic heterocycles. The third-order valence-corrected chi connectivity index (χ3v) is 4.31. The zero-order chi connectivity index (χ0) is 10.1. The molecule has 1 aliphatic carbocycles. The fraction of sp³-hybridized carbons (Fsp3) is 0.500. The van der Waals surface area contributed by atoms with Gasteiger partial charge in [0.1, 0.15) is 0 Å². The topological polar surface area (TPSA) is 20.2 Å². The Kier molecular flexibility index (Phi) is 3.12. The van der Waals surface area contributed by atoms with Gasteiger partial charge in [0.2, 0.25) is 0 Å². The quantitative estimate of drug-likeness (QED) is 0.848. The zero-order valence-electron chi connectivity index (χ0n) is 8.33. The van der Waals surface area contributed by atoms with Crippen molar-refractivity contribution >= 4 is 22.6 Å². The van der Waals surface area contributed by atoms with E-state index in [1.54, 1.807) is 0 Å². The van der Waals surface area contributed by atoms with Crippen LogP contribution in [-0.4, -0.2) is 5.11 Å². The molecule has 1 N–H and O–H groups in total. The Balaban J connectivity index is 2.16. The van der Waals surface area contributed by atoms with Crippen LogP contribution in [0.1, 0.15) is 36.5 Å². The Hall–Kier alpha value is -0.0900. The van der Waals surface area contributed by atoms with Gasteiger partial charge in [-0.1, -0.05) is 31.0 Å². The molecule has 0 radical (unpaired) electrons. The van der Waals surface area contributed by atoms with Crippen LogP contribution in [0.25, 0.3) is 0 Å². The van der Waals surface area contributed by atoms with Crippen LogP contribution in [0.3, 0.4) is 0 Å². The van der Waals surface area contributed by atoms with E-state index in [0.29, 0.717) is 0 Å². The molecule has 0 spiro atoms. The second kappa shape index (κ2) is 4.19. The average Bonchev–Trinajstić information content (AvgIpc) is 2.93. The highest BCUT2D eigenvalue weighted by molar-refractivity contribution is 14.1. The summed E-state index contributed by atoms with van der Waals surface area (Å²) >= 11 is 2.33. The van der Waals surface area contributed by atoms with Gasteiger partial charge in [-0.25, -0.2) is 0 Å². The number of benzene rings is 1. The van der Waals surface area contributed by atoms with Crippen molar-refractivity contribution in [2.75, 3.05) is 0 Å². The molecular weight excluding hydrogens is 287 g/mol. The Morgan fingerprint density at radius 1 is 1.50 bits per heavy atom. The number of aliphatic hydroxyl groups excluding tert-OH is 1. The third kappa shape index (κ3) is 2.28. The van der Waals surface area contributed by atoms with E-state index in [1.807, 2.05) is 12.1 Å². The lowest BCUT2D eigenvalue weighted by Crippen LogP contribution is -2.02. The molecule has 0 aromatic heterocycles. The molecule has 1 nitrogen and oxygen atoms in total. The molecule has 2 rings (SSSR count). The van der Waals surface area contributed by atoms with Crippen molar-refractivity contribution in [2.45, 2.75) is 32.3 Å². The van der Waals surface area contributed by atoms with Gasteiger partial charge in [-0.3, -0.25) is 0 Å². The Labute approximate surface area is 98.7 Å². The molecular formula is C12H15IO. The summed E-state index contributed by atoms with van der Waals surface area (Å²) in [5.74, 6) is 0.779. The first-order valence-corrected chi connectivity index (χ1v) is 6.19. The second-order valence-electron chi connectivity index (χ2n) is 4.17. The van der Waals surface area contributed by atoms with Crippen molar-refractivity contribution in [1.82, 2.24) is 0 Å². The van der Waals surface area contributed by atoms with E-state index < -0.39 is 0 Å². The summed E-state index contributed by atoms with van der Waals surface area (Å²) in [4.78, 5) is 0. The summed E-state index contributed by atoms with van der Waals surface area (Å²) in [6.45, 7) is 2.09. The summed E-state index contributed by atoms with van der Waals surface area (Å²) in [7, 11) is 0. The smallest absolute Gasteiger partial charge is 0.0803 e.